The van der Waals surface area contributed by atoms with E-state index < -0.39 is 0 Å². The summed E-state index contributed by atoms with van der Waals surface area (Å²) in [5.74, 6) is -0.715. The van der Waals surface area contributed by atoms with Gasteiger partial charge in [0.2, 0.25) is 0 Å². The minimum Gasteiger partial charge on any atom is -0.619 e. The molecule has 1 N–H and O–H groups in total. The van der Waals surface area contributed by atoms with Crippen LogP contribution in [0.2, 0.25) is 0 Å². The minimum atomic E-state index is -0.362. The van der Waals surface area contributed by atoms with Gasteiger partial charge in [0.1, 0.15) is 11.6 Å². The summed E-state index contributed by atoms with van der Waals surface area (Å²) in [4.78, 5) is 41.8. The molecule has 0 fully saturated rings. The molecule has 8 aromatic heterocycles. The topological polar surface area (TPSA) is 137 Å². The number of aromatic amines is 1. The third-order valence-electron chi connectivity index (χ3n) is 9.36. The number of hydrogen-bond acceptors (Lipinski definition) is 8. The summed E-state index contributed by atoms with van der Waals surface area (Å²) < 4.78 is 29.5. The van der Waals surface area contributed by atoms with E-state index in [9.17, 15) is 18.8 Å². The van der Waals surface area contributed by atoms with Crippen molar-refractivity contribution in [2.75, 3.05) is 0 Å². The van der Waals surface area contributed by atoms with Gasteiger partial charge in [-0.15, -0.1) is 0 Å². The highest BCUT2D eigenvalue weighted by Gasteiger charge is 2.18. The van der Waals surface area contributed by atoms with Crippen molar-refractivity contribution in [3.63, 3.8) is 0 Å². The molecule has 0 saturated carbocycles. The zero-order chi connectivity index (χ0) is 38.2. The first-order chi connectivity index (χ1) is 27.4. The Labute approximate surface area is 316 Å². The van der Waals surface area contributed by atoms with Crippen LogP contribution in [0.5, 0.6) is 0 Å². The van der Waals surface area contributed by atoms with Crippen molar-refractivity contribution in [2.45, 2.75) is 0 Å². The van der Waals surface area contributed by atoms with Gasteiger partial charge in [0.25, 0.3) is 5.56 Å². The fraction of sp³-hybridized carbons (Fsp3) is 0. The Hall–Kier alpha value is -7.86. The molecule has 2 aromatic carbocycles. The van der Waals surface area contributed by atoms with Crippen LogP contribution in [0.15, 0.2) is 157 Å². The number of halogens is 2. The molecule has 268 valence electrons. The van der Waals surface area contributed by atoms with Crippen LogP contribution in [-0.2, 0) is 0 Å². The lowest BCUT2D eigenvalue weighted by Crippen LogP contribution is -2.23. The molecular formula is C44H26F2N8O2. The fourth-order valence-electron chi connectivity index (χ4n) is 6.77. The number of rotatable bonds is 4. The largest absolute Gasteiger partial charge is 0.619 e. The Morgan fingerprint density at radius 2 is 1.11 bits per heavy atom. The smallest absolute Gasteiger partial charge is 0.255 e. The molecule has 0 bridgehead atoms. The molecule has 0 atom stereocenters. The van der Waals surface area contributed by atoms with Crippen molar-refractivity contribution < 1.29 is 13.5 Å². The normalized spacial score (nSPS) is 11.2. The first-order valence-electron chi connectivity index (χ1n) is 17.4. The molecule has 56 heavy (non-hydrogen) atoms. The van der Waals surface area contributed by atoms with Gasteiger partial charge < -0.3 is 10.2 Å². The fourth-order valence-corrected chi connectivity index (χ4v) is 6.77. The Morgan fingerprint density at radius 1 is 0.536 bits per heavy atom. The summed E-state index contributed by atoms with van der Waals surface area (Å²) in [5, 5.41) is 16.1. The second kappa shape index (κ2) is 14.2. The molecule has 10 aromatic rings. The van der Waals surface area contributed by atoms with Crippen molar-refractivity contribution in [1.29, 1.82) is 0 Å². The lowest BCUT2D eigenvalue weighted by molar-refractivity contribution is -0.603. The van der Waals surface area contributed by atoms with Crippen molar-refractivity contribution in [3.05, 3.63) is 180 Å². The average Bonchev–Trinajstić information content (AvgIpc) is 3.23. The maximum atomic E-state index is 14.4. The molecule has 0 saturated heterocycles. The summed E-state index contributed by atoms with van der Waals surface area (Å²) in [7, 11) is 0. The van der Waals surface area contributed by atoms with E-state index in [4.69, 9.17) is 0 Å². The number of nitrogens with one attached hydrogen (secondary N) is 1. The maximum Gasteiger partial charge on any atom is 0.255 e. The van der Waals surface area contributed by atoms with Crippen molar-refractivity contribution in [1.82, 2.24) is 34.9 Å². The zero-order valence-corrected chi connectivity index (χ0v) is 29.1. The van der Waals surface area contributed by atoms with Gasteiger partial charge in [-0.3, -0.25) is 14.8 Å². The number of H-pyrrole nitrogens is 1. The number of pyridine rings is 8. The summed E-state index contributed by atoms with van der Waals surface area (Å²) in [6.45, 7) is 0. The lowest BCUT2D eigenvalue weighted by atomic mass is 10.00. The molecule has 0 spiro atoms. The quantitative estimate of drug-likeness (QED) is 0.140. The van der Waals surface area contributed by atoms with Crippen LogP contribution in [0.3, 0.4) is 0 Å². The van der Waals surface area contributed by atoms with Gasteiger partial charge in [0, 0.05) is 80.8 Å². The van der Waals surface area contributed by atoms with Gasteiger partial charge in [0.15, 0.2) is 23.7 Å². The van der Waals surface area contributed by atoms with E-state index in [1.165, 1.54) is 24.5 Å². The molecule has 8 heterocycles. The molecule has 0 radical (unpaired) electrons. The summed E-state index contributed by atoms with van der Waals surface area (Å²) in [6, 6.07) is 31.0. The van der Waals surface area contributed by atoms with Crippen LogP contribution in [-0.4, -0.2) is 34.9 Å². The average molecular weight is 737 g/mol. The number of benzene rings is 2. The summed E-state index contributed by atoms with van der Waals surface area (Å²) >= 11 is 0. The maximum absolute atomic E-state index is 14.4. The predicted molar refractivity (Wildman–Crippen MR) is 211 cm³/mol. The van der Waals surface area contributed by atoms with E-state index in [0.717, 1.165) is 37.4 Å². The van der Waals surface area contributed by atoms with Crippen LogP contribution >= 0.6 is 0 Å². The second-order valence-electron chi connectivity index (χ2n) is 12.7. The highest BCUT2D eigenvalue weighted by Crippen LogP contribution is 2.36. The van der Waals surface area contributed by atoms with E-state index in [0.29, 0.717) is 56.0 Å². The molecule has 0 aliphatic rings. The number of hydrogen-bond donors (Lipinski definition) is 1. The van der Waals surface area contributed by atoms with Gasteiger partial charge in [-0.1, -0.05) is 24.3 Å². The van der Waals surface area contributed by atoms with Gasteiger partial charge in [-0.05, 0) is 78.9 Å². The molecule has 0 aliphatic carbocycles. The Morgan fingerprint density at radius 3 is 1.71 bits per heavy atom. The van der Waals surface area contributed by atoms with Crippen LogP contribution in [0.1, 0.15) is 0 Å². The van der Waals surface area contributed by atoms with E-state index in [2.05, 4.69) is 34.9 Å². The Bertz CT molecular complexity index is 3190. The molecule has 12 heteroatoms. The Kier molecular flexibility index (Phi) is 8.59. The standard InChI is InChI=1S/2C22H13FN4O/c23-18-6-2-1-4-16(18)19-12-17(14-5-3-9-25-21(14)27-19)20-13-7-11-26-22(28)15(13)8-10-24-20;23-19-6-2-1-4-17(19)20-12-18(16-5-3-9-25-22(16)26-20)21-15-8-11-27(28)13-14(15)7-10-24-21/h1-12H,(H,26,28);1-13H. The lowest BCUT2D eigenvalue weighted by Gasteiger charge is -2.11. The third-order valence-corrected chi connectivity index (χ3v) is 9.36. The number of nitrogens with zero attached hydrogens (tertiary/aromatic N) is 7. The highest BCUT2D eigenvalue weighted by molar-refractivity contribution is 6.04. The molecule has 10 rings (SSSR count). The van der Waals surface area contributed by atoms with Gasteiger partial charge >= 0.3 is 0 Å². The molecule has 0 amide bonds. The highest BCUT2D eigenvalue weighted by atomic mass is 19.1. The van der Waals surface area contributed by atoms with Crippen molar-refractivity contribution in [3.8, 4) is 45.0 Å². The van der Waals surface area contributed by atoms with Crippen LogP contribution in [0, 0.1) is 16.8 Å². The summed E-state index contributed by atoms with van der Waals surface area (Å²) in [5.41, 5.74) is 5.37. The minimum absolute atomic E-state index is 0.188. The molecule has 0 aliphatic heterocycles. The molecule has 10 nitrogen and oxygen atoms in total. The molecule has 0 unspecified atom stereocenters. The van der Waals surface area contributed by atoms with Crippen LogP contribution in [0.25, 0.3) is 88.6 Å². The van der Waals surface area contributed by atoms with Crippen LogP contribution in [0.4, 0.5) is 8.78 Å². The SMILES string of the molecule is O=c1[nH]ccc2c(-c3cc(-c4ccccc4F)nc4ncccc34)nccc12.[O-][n+]1ccc2c(-c3cc(-c4ccccc4F)nc4ncccc34)nccc2c1. The Balaban J connectivity index is 0.000000146. The first kappa shape index (κ1) is 33.9. The van der Waals surface area contributed by atoms with E-state index in [1.807, 2.05) is 36.4 Å². The zero-order valence-electron chi connectivity index (χ0n) is 29.1. The van der Waals surface area contributed by atoms with E-state index in [-0.39, 0.29) is 17.2 Å². The van der Waals surface area contributed by atoms with Crippen LogP contribution < -0.4 is 10.3 Å². The third kappa shape index (κ3) is 6.20. The molecular weight excluding hydrogens is 711 g/mol. The van der Waals surface area contributed by atoms with Gasteiger partial charge in [-0.25, -0.2) is 28.7 Å². The monoisotopic (exact) mass is 736 g/mol. The van der Waals surface area contributed by atoms with Gasteiger partial charge in [-0.2, -0.15) is 4.73 Å². The second-order valence-corrected chi connectivity index (χ2v) is 12.7. The van der Waals surface area contributed by atoms with Gasteiger partial charge in [0.05, 0.1) is 33.5 Å². The van der Waals surface area contributed by atoms with E-state index >= 15 is 0 Å². The number of fused-ring (bicyclic) bond motifs is 4. The van der Waals surface area contributed by atoms with Crippen molar-refractivity contribution >= 4 is 43.6 Å². The number of aromatic nitrogens is 8. The van der Waals surface area contributed by atoms with Crippen molar-refractivity contribution in [2.24, 2.45) is 0 Å². The summed E-state index contributed by atoms with van der Waals surface area (Å²) in [6.07, 6.45) is 11.1. The van der Waals surface area contributed by atoms with E-state index in [1.54, 1.807) is 91.6 Å². The predicted octanol–water partition coefficient (Wildman–Crippen LogP) is 8.62. The first-order valence-corrected chi connectivity index (χ1v) is 17.4.